The number of aliphatic hydroxyl groups is 3. The van der Waals surface area contributed by atoms with Crippen molar-refractivity contribution in [1.82, 2.24) is 15.0 Å². The summed E-state index contributed by atoms with van der Waals surface area (Å²) in [5.74, 6) is 0. The molecule has 1 unspecified atom stereocenters. The van der Waals surface area contributed by atoms with Crippen LogP contribution < -0.4 is 4.74 Å². The minimum atomic E-state index is -0.624. The molecule has 2 fully saturated rings. The normalized spacial score (nSPS) is 22.2. The van der Waals surface area contributed by atoms with Gasteiger partial charge in [-0.15, -0.1) is 12.8 Å². The van der Waals surface area contributed by atoms with Crippen molar-refractivity contribution in [2.45, 2.75) is 37.4 Å². The summed E-state index contributed by atoms with van der Waals surface area (Å²) in [6.45, 7) is 1.97. The molecule has 4 heterocycles. The lowest BCUT2D eigenvalue weighted by Gasteiger charge is -2.15. The number of ether oxygens (including phenoxy) is 3. The van der Waals surface area contributed by atoms with Crippen molar-refractivity contribution in [1.29, 1.82) is 0 Å². The van der Waals surface area contributed by atoms with Crippen molar-refractivity contribution in [3.05, 3.63) is 65.7 Å². The van der Waals surface area contributed by atoms with E-state index in [2.05, 4.69) is 52.1 Å². The molecule has 6 rings (SSSR count). The number of rotatable bonds is 5. The van der Waals surface area contributed by atoms with Gasteiger partial charge in [-0.1, -0.05) is 66.2 Å². The predicted molar refractivity (Wildman–Crippen MR) is 148 cm³/mol. The van der Waals surface area contributed by atoms with Gasteiger partial charge < -0.3 is 34.5 Å². The number of nitrogens with zero attached hydrogens (tertiary/aromatic N) is 2. The molecule has 0 aliphatic carbocycles. The molecule has 4 N–H and O–H groups in total. The summed E-state index contributed by atoms with van der Waals surface area (Å²) in [7, 11) is 0. The average molecular weight is 552 g/mol. The second-order valence-corrected chi connectivity index (χ2v) is 9.43. The first kappa shape index (κ1) is 28.5. The minimum absolute atomic E-state index is 0.139. The van der Waals surface area contributed by atoms with Gasteiger partial charge in [-0.3, -0.25) is 0 Å². The van der Waals surface area contributed by atoms with Gasteiger partial charge in [0.1, 0.15) is 18.3 Å². The minimum Gasteiger partial charge on any atom is -0.456 e. The SMILES string of the molecule is C#C.CC(O)CO.O[C@@H]1CO[C@H]2[C@@H]1OC[C@H]2Oc1nc2nc(-c3ccc(-c4ccccc4)cc3)c(Cl)cc2[nH]1. The van der Waals surface area contributed by atoms with Gasteiger partial charge in [0.2, 0.25) is 0 Å². The van der Waals surface area contributed by atoms with E-state index < -0.39 is 12.2 Å². The molecule has 9 nitrogen and oxygen atoms in total. The Balaban J connectivity index is 0.000000456. The summed E-state index contributed by atoms with van der Waals surface area (Å²) in [6.07, 6.45) is 5.80. The van der Waals surface area contributed by atoms with Crippen LogP contribution in [0.1, 0.15) is 6.92 Å². The molecule has 5 atom stereocenters. The lowest BCUT2D eigenvalue weighted by atomic mass is 10.0. The maximum atomic E-state index is 9.90. The third-order valence-electron chi connectivity index (χ3n) is 6.18. The molecule has 10 heteroatoms. The third-order valence-corrected chi connectivity index (χ3v) is 6.47. The number of nitrogens with one attached hydrogen (secondary N) is 1. The van der Waals surface area contributed by atoms with Crippen molar-refractivity contribution < 1.29 is 29.5 Å². The highest BCUT2D eigenvalue weighted by Crippen LogP contribution is 2.33. The fourth-order valence-electron chi connectivity index (χ4n) is 4.29. The number of pyridine rings is 1. The Morgan fingerprint density at radius 1 is 1.00 bits per heavy atom. The summed E-state index contributed by atoms with van der Waals surface area (Å²) in [5, 5.41) is 26.4. The standard InChI is InChI=1S/C24H20ClN3O4.C3H8O2.C2H2/c25-16-10-17-23(28-24(26-17)32-19-12-31-21-18(29)11-30-22(19)21)27-20(16)15-8-6-14(7-9-15)13-4-2-1-3-5-13;1-3(5)2-4;1-2/h1-10,18-19,21-22,29H,11-12H2,(H,26,27,28);3-5H,2H2,1H3;1-2H/t18-,19-,21-,22-;;/m1../s1. The summed E-state index contributed by atoms with van der Waals surface area (Å²) in [6, 6.07) is 20.4. The molecular weight excluding hydrogens is 522 g/mol. The van der Waals surface area contributed by atoms with Crippen LogP contribution in [0, 0.1) is 12.8 Å². The van der Waals surface area contributed by atoms with Crippen LogP contribution >= 0.6 is 11.6 Å². The van der Waals surface area contributed by atoms with Crippen LogP contribution in [0.2, 0.25) is 5.02 Å². The van der Waals surface area contributed by atoms with E-state index >= 15 is 0 Å². The van der Waals surface area contributed by atoms with Crippen molar-refractivity contribution in [2.75, 3.05) is 19.8 Å². The first-order valence-corrected chi connectivity index (χ1v) is 12.7. The molecule has 39 heavy (non-hydrogen) atoms. The van der Waals surface area contributed by atoms with Crippen LogP contribution in [0.4, 0.5) is 0 Å². The van der Waals surface area contributed by atoms with Crippen LogP contribution in [0.3, 0.4) is 0 Å². The zero-order chi connectivity index (χ0) is 27.9. The van der Waals surface area contributed by atoms with E-state index in [0.717, 1.165) is 16.7 Å². The number of aromatic amines is 1. The Morgan fingerprint density at radius 2 is 1.62 bits per heavy atom. The molecule has 2 aliphatic heterocycles. The first-order valence-electron chi connectivity index (χ1n) is 12.3. The maximum absolute atomic E-state index is 9.90. The molecule has 0 bridgehead atoms. The number of H-pyrrole nitrogens is 1. The van der Waals surface area contributed by atoms with E-state index in [1.165, 1.54) is 6.92 Å². The lowest BCUT2D eigenvalue weighted by molar-refractivity contribution is 0.00706. The van der Waals surface area contributed by atoms with Crippen LogP contribution in [0.25, 0.3) is 33.5 Å². The van der Waals surface area contributed by atoms with Crippen LogP contribution in [0.5, 0.6) is 6.01 Å². The molecule has 2 aliphatic rings. The summed E-state index contributed by atoms with van der Waals surface area (Å²) < 4.78 is 17.2. The highest BCUT2D eigenvalue weighted by atomic mass is 35.5. The number of terminal acetylenes is 1. The van der Waals surface area contributed by atoms with Crippen LogP contribution in [-0.4, -0.2) is 80.6 Å². The second kappa shape index (κ2) is 13.0. The number of imidazole rings is 1. The molecule has 4 aromatic rings. The van der Waals surface area contributed by atoms with Gasteiger partial charge in [-0.25, -0.2) is 4.98 Å². The van der Waals surface area contributed by atoms with Crippen molar-refractivity contribution in [3.8, 4) is 41.2 Å². The van der Waals surface area contributed by atoms with Gasteiger partial charge in [0, 0.05) is 5.56 Å². The van der Waals surface area contributed by atoms with E-state index in [1.54, 1.807) is 6.07 Å². The lowest BCUT2D eigenvalue weighted by Crippen LogP contribution is -2.34. The molecule has 2 saturated heterocycles. The van der Waals surface area contributed by atoms with Crippen molar-refractivity contribution in [3.63, 3.8) is 0 Å². The number of benzene rings is 2. The van der Waals surface area contributed by atoms with Gasteiger partial charge in [-0.2, -0.15) is 4.98 Å². The largest absolute Gasteiger partial charge is 0.456 e. The summed E-state index contributed by atoms with van der Waals surface area (Å²) in [4.78, 5) is 12.3. The van der Waals surface area contributed by atoms with E-state index in [9.17, 15) is 5.11 Å². The fourth-order valence-corrected chi connectivity index (χ4v) is 4.55. The number of hydrogen-bond acceptors (Lipinski definition) is 8. The number of fused-ring (bicyclic) bond motifs is 2. The highest BCUT2D eigenvalue weighted by molar-refractivity contribution is 6.33. The quantitative estimate of drug-likeness (QED) is 0.277. The molecule has 2 aromatic heterocycles. The first-order chi connectivity index (χ1) is 18.9. The Morgan fingerprint density at radius 3 is 2.28 bits per heavy atom. The fraction of sp³-hybridized carbons (Fsp3) is 0.310. The highest BCUT2D eigenvalue weighted by Gasteiger charge is 2.48. The molecular formula is C29H30ClN3O6. The van der Waals surface area contributed by atoms with Gasteiger partial charge >= 0.3 is 0 Å². The Hall–Kier alpha value is -3.49. The van der Waals surface area contributed by atoms with E-state index in [-0.39, 0.29) is 31.5 Å². The van der Waals surface area contributed by atoms with Crippen LogP contribution in [0.15, 0.2) is 60.7 Å². The molecule has 0 saturated carbocycles. The molecule has 0 spiro atoms. The zero-order valence-corrected chi connectivity index (χ0v) is 22.0. The van der Waals surface area contributed by atoms with E-state index in [1.807, 2.05) is 30.3 Å². The van der Waals surface area contributed by atoms with Crippen LogP contribution in [-0.2, 0) is 9.47 Å². The van der Waals surface area contributed by atoms with E-state index in [4.69, 9.17) is 36.0 Å². The monoisotopic (exact) mass is 551 g/mol. The number of halogens is 1. The maximum Gasteiger partial charge on any atom is 0.296 e. The Bertz CT molecular complexity index is 1380. The Labute approximate surface area is 231 Å². The number of aromatic nitrogens is 3. The van der Waals surface area contributed by atoms with Gasteiger partial charge in [0.15, 0.2) is 11.8 Å². The smallest absolute Gasteiger partial charge is 0.296 e. The van der Waals surface area contributed by atoms with Gasteiger partial charge in [0.25, 0.3) is 6.01 Å². The van der Waals surface area contributed by atoms with E-state index in [0.29, 0.717) is 34.5 Å². The molecule has 0 amide bonds. The topological polar surface area (TPSA) is 130 Å². The number of aliphatic hydroxyl groups excluding tert-OH is 3. The number of hydrogen-bond donors (Lipinski definition) is 4. The summed E-state index contributed by atoms with van der Waals surface area (Å²) in [5.41, 5.74) is 5.02. The molecule has 2 aromatic carbocycles. The summed E-state index contributed by atoms with van der Waals surface area (Å²) >= 11 is 6.54. The third kappa shape index (κ3) is 6.57. The second-order valence-electron chi connectivity index (χ2n) is 9.03. The average Bonchev–Trinajstić information content (AvgIpc) is 3.66. The molecule has 204 valence electrons. The van der Waals surface area contributed by atoms with Crippen molar-refractivity contribution >= 4 is 22.8 Å². The Kier molecular flexibility index (Phi) is 9.54. The van der Waals surface area contributed by atoms with Crippen molar-refractivity contribution in [2.24, 2.45) is 0 Å². The molecule has 0 radical (unpaired) electrons. The van der Waals surface area contributed by atoms with Gasteiger partial charge in [-0.05, 0) is 24.1 Å². The zero-order valence-electron chi connectivity index (χ0n) is 21.3. The predicted octanol–water partition coefficient (Wildman–Crippen LogP) is 3.46. The van der Waals surface area contributed by atoms with Gasteiger partial charge in [0.05, 0.1) is 42.2 Å².